The Morgan fingerprint density at radius 2 is 0.320 bits per heavy atom. The van der Waals surface area contributed by atoms with Crippen LogP contribution >= 0.6 is 45.2 Å². The normalized spacial score (nSPS) is 18.4. The fraction of sp³-hybridized carbons (Fsp3) is 1.00. The molecule has 50 heavy (non-hydrogen) atoms. The van der Waals surface area contributed by atoms with Gasteiger partial charge in [0.15, 0.2) is 0 Å². The predicted octanol–water partition coefficient (Wildman–Crippen LogP) is 11.9. The fourth-order valence-electron chi connectivity index (χ4n) is 2.72. The first-order valence-corrected chi connectivity index (χ1v) is 12.3. The van der Waals surface area contributed by atoms with Gasteiger partial charge in [0.2, 0.25) is 0 Å². The SMILES string of the molecule is FC(F)(F)C(F)(F)C(F)(F)C(F)(F)C(F)(F)C(F)(F)C(F)(F)C(F)(F)C(F)(F)C(F)(F)C(F)(I)C(F)(F)C(F)(F)C(F)(F)C(F)(F)C(F)(F)I. The van der Waals surface area contributed by atoms with E-state index in [1.54, 1.807) is 0 Å². The lowest BCUT2D eigenvalue weighted by Gasteiger charge is -2.47. The molecule has 0 aromatic heterocycles. The van der Waals surface area contributed by atoms with E-state index in [-0.39, 0.29) is 0 Å². The summed E-state index contributed by atoms with van der Waals surface area (Å²) < 4.78 is 414. The van der Waals surface area contributed by atoms with E-state index in [2.05, 4.69) is 0 Å². The minimum Gasteiger partial charge on any atom is -0.218 e. The third-order valence-corrected chi connectivity index (χ3v) is 7.87. The van der Waals surface area contributed by atoms with Gasteiger partial charge in [-0.05, 0) is 22.6 Å². The van der Waals surface area contributed by atoms with Gasteiger partial charge in [-0.3, -0.25) is 0 Å². The summed E-state index contributed by atoms with van der Waals surface area (Å²) in [6.07, 6.45) is -8.34. The lowest BCUT2D eigenvalue weighted by Crippen LogP contribution is -2.79. The van der Waals surface area contributed by atoms with Crippen molar-refractivity contribution in [2.24, 2.45) is 0 Å². The zero-order chi connectivity index (χ0) is 42.0. The minimum atomic E-state index is -9.98. The zero-order valence-electron chi connectivity index (χ0n) is 20.9. The van der Waals surface area contributed by atoms with Crippen molar-refractivity contribution in [3.63, 3.8) is 0 Å². The number of rotatable bonds is 14. The van der Waals surface area contributed by atoms with Gasteiger partial charge in [0, 0.05) is 22.6 Å². The minimum absolute atomic E-state index is 1.30. The maximum atomic E-state index is 14.3. The second kappa shape index (κ2) is 11.9. The van der Waals surface area contributed by atoms with Crippen molar-refractivity contribution in [1.82, 2.24) is 0 Å². The van der Waals surface area contributed by atoms with Crippen LogP contribution in [0.25, 0.3) is 0 Å². The Balaban J connectivity index is 7.70. The third kappa shape index (κ3) is 5.60. The van der Waals surface area contributed by atoms with Crippen LogP contribution in [0.1, 0.15) is 0 Å². The summed E-state index contributed by atoms with van der Waals surface area (Å²) in [5, 5.41) is 0. The Morgan fingerprint density at radius 3 is 0.480 bits per heavy atom. The Kier molecular flexibility index (Phi) is 11.7. The van der Waals surface area contributed by atoms with Crippen molar-refractivity contribution in [1.29, 1.82) is 0 Å². The fourth-order valence-corrected chi connectivity index (χ4v) is 3.74. The molecule has 302 valence electrons. The molecule has 0 rings (SSSR count). The van der Waals surface area contributed by atoms with E-state index in [4.69, 9.17) is 0 Å². The number of halogens is 34. The van der Waals surface area contributed by atoms with Crippen LogP contribution in [0.15, 0.2) is 0 Å². The van der Waals surface area contributed by atoms with Crippen LogP contribution in [0.2, 0.25) is 0 Å². The predicted molar refractivity (Wildman–Crippen MR) is 107 cm³/mol. The van der Waals surface area contributed by atoms with Crippen molar-refractivity contribution >= 4 is 45.2 Å². The Bertz CT molecular complexity index is 1150. The molecule has 0 aromatic carbocycles. The van der Waals surface area contributed by atoms with Crippen LogP contribution < -0.4 is 0 Å². The van der Waals surface area contributed by atoms with Crippen LogP contribution in [-0.2, 0) is 0 Å². The van der Waals surface area contributed by atoms with Gasteiger partial charge in [-0.25, -0.2) is 4.39 Å². The molecule has 0 aliphatic carbocycles. The summed E-state index contributed by atoms with van der Waals surface area (Å²) >= 11 is -3.58. The average Bonchev–Trinajstić information content (AvgIpc) is 2.85. The standard InChI is InChI=1S/C16F32I2/c17-1(18,3(21,22)5(25,26)8(31,32)12(39,40)15(44,45)46)2(19,20)4(23,24)6(27,28)10(35,36)14(43,49)11(37,38)7(29,30)9(33,34)13(41,42)16(47,48)50. The van der Waals surface area contributed by atoms with E-state index >= 15 is 0 Å². The molecule has 0 bridgehead atoms. The van der Waals surface area contributed by atoms with Crippen LogP contribution in [0.4, 0.5) is 140 Å². The maximum absolute atomic E-state index is 14.3. The van der Waals surface area contributed by atoms with Gasteiger partial charge >= 0.3 is 87.1 Å². The van der Waals surface area contributed by atoms with E-state index in [1.807, 2.05) is 0 Å². The lowest BCUT2D eigenvalue weighted by atomic mass is 9.84. The maximum Gasteiger partial charge on any atom is 0.460 e. The first kappa shape index (κ1) is 49.2. The molecule has 0 radical (unpaired) electrons. The Morgan fingerprint density at radius 1 is 0.180 bits per heavy atom. The van der Waals surface area contributed by atoms with Gasteiger partial charge in [-0.1, -0.05) is 0 Å². The van der Waals surface area contributed by atoms with E-state index in [1.165, 1.54) is 0 Å². The summed E-state index contributed by atoms with van der Waals surface area (Å²) in [6, 6.07) is 0. The van der Waals surface area contributed by atoms with E-state index in [0.29, 0.717) is 0 Å². The average molecular weight is 1050 g/mol. The molecule has 0 aliphatic rings. The van der Waals surface area contributed by atoms with Crippen LogP contribution in [-0.4, -0.2) is 90.8 Å². The topological polar surface area (TPSA) is 0 Å². The molecule has 0 heterocycles. The smallest absolute Gasteiger partial charge is 0.218 e. The second-order valence-corrected chi connectivity index (χ2v) is 11.9. The van der Waals surface area contributed by atoms with Gasteiger partial charge in [0.25, 0.3) is 3.68 Å². The molecule has 0 spiro atoms. The molecular weight excluding hydrogens is 1050 g/mol. The molecule has 0 nitrogen and oxygen atoms in total. The first-order chi connectivity index (χ1) is 20.8. The van der Waals surface area contributed by atoms with Gasteiger partial charge in [0.1, 0.15) is 0 Å². The highest BCUT2D eigenvalue weighted by Gasteiger charge is 3.01. The first-order valence-electron chi connectivity index (χ1n) is 10.2. The van der Waals surface area contributed by atoms with Crippen molar-refractivity contribution in [3.8, 4) is 0 Å². The molecule has 1 unspecified atom stereocenters. The Labute approximate surface area is 276 Å². The highest BCUT2D eigenvalue weighted by molar-refractivity contribution is 14.1. The van der Waals surface area contributed by atoms with Crippen LogP contribution in [0.5, 0.6) is 0 Å². The molecule has 0 N–H and O–H groups in total. The highest BCUT2D eigenvalue weighted by atomic mass is 127. The molecule has 0 saturated heterocycles. The molecule has 0 aromatic rings. The summed E-state index contributed by atoms with van der Waals surface area (Å²) in [4.78, 5) is 0. The molecule has 0 saturated carbocycles. The molecule has 1 atom stereocenters. The summed E-state index contributed by atoms with van der Waals surface area (Å²) in [5.41, 5.74) is 0. The Hall–Kier alpha value is -0.780. The van der Waals surface area contributed by atoms with Crippen molar-refractivity contribution in [3.05, 3.63) is 0 Å². The van der Waals surface area contributed by atoms with Gasteiger partial charge in [-0.15, -0.1) is 0 Å². The van der Waals surface area contributed by atoms with E-state index < -0.39 is 136 Å². The monoisotopic (exact) mass is 1050 g/mol. The number of alkyl halides is 34. The number of hydrogen-bond donors (Lipinski definition) is 0. The molecular formula is C16F32I2. The second-order valence-electron chi connectivity index (χ2n) is 9.04. The van der Waals surface area contributed by atoms with Gasteiger partial charge in [0.05, 0.1) is 0 Å². The quantitative estimate of drug-likeness (QED) is 0.0924. The van der Waals surface area contributed by atoms with Crippen LogP contribution in [0, 0.1) is 0 Å². The summed E-state index contributed by atoms with van der Waals surface area (Å²) in [6.45, 7) is 0. The molecule has 34 heteroatoms. The van der Waals surface area contributed by atoms with Crippen molar-refractivity contribution < 1.29 is 140 Å². The molecule has 0 amide bonds. The number of hydrogen-bond acceptors (Lipinski definition) is 0. The third-order valence-electron chi connectivity index (χ3n) is 5.84. The van der Waals surface area contributed by atoms with E-state index in [9.17, 15) is 140 Å². The van der Waals surface area contributed by atoms with Gasteiger partial charge in [-0.2, -0.15) is 136 Å². The van der Waals surface area contributed by atoms with E-state index in [0.717, 1.165) is 0 Å². The van der Waals surface area contributed by atoms with Crippen molar-refractivity contribution in [2.75, 3.05) is 0 Å². The van der Waals surface area contributed by atoms with Crippen LogP contribution in [0.3, 0.4) is 0 Å². The van der Waals surface area contributed by atoms with Gasteiger partial charge < -0.3 is 0 Å². The molecule has 0 fully saturated rings. The summed E-state index contributed by atoms with van der Waals surface area (Å²) in [5.74, 6) is -122. The zero-order valence-corrected chi connectivity index (χ0v) is 25.2. The largest absolute Gasteiger partial charge is 0.460 e. The highest BCUT2D eigenvalue weighted by Crippen LogP contribution is 2.70. The molecule has 0 aliphatic heterocycles. The van der Waals surface area contributed by atoms with Crippen molar-refractivity contribution in [2.45, 2.75) is 90.8 Å². The summed E-state index contributed by atoms with van der Waals surface area (Å²) in [7, 11) is 0. The lowest BCUT2D eigenvalue weighted by molar-refractivity contribution is -0.478.